The van der Waals surface area contributed by atoms with Crippen LogP contribution in [0.4, 0.5) is 4.79 Å². The molecule has 2 heterocycles. The highest BCUT2D eigenvalue weighted by Gasteiger charge is 2.25. The summed E-state index contributed by atoms with van der Waals surface area (Å²) in [5, 5.41) is 4.67. The standard InChI is InChI=1S/C20H29N5O3S/c1-5-27-20(26)24-10-8-23(9-11-24)14-25-19(29)22(4)18(21-25)13-28-17-7-6-15(2)16(3)12-17/h6-7,12H,5,8-11,13-14H2,1-4H3/p+1. The van der Waals surface area contributed by atoms with E-state index >= 15 is 0 Å². The highest BCUT2D eigenvalue weighted by molar-refractivity contribution is 7.71. The van der Waals surface area contributed by atoms with Gasteiger partial charge in [0.25, 0.3) is 0 Å². The van der Waals surface area contributed by atoms with E-state index in [-0.39, 0.29) is 6.09 Å². The summed E-state index contributed by atoms with van der Waals surface area (Å²) in [4.78, 5) is 14.9. The van der Waals surface area contributed by atoms with E-state index in [9.17, 15) is 4.79 Å². The summed E-state index contributed by atoms with van der Waals surface area (Å²) in [5.74, 6) is 1.62. The number of aryl methyl sites for hydroxylation is 2. The first-order chi connectivity index (χ1) is 13.9. The molecule has 1 fully saturated rings. The Hall–Kier alpha value is -2.39. The lowest BCUT2D eigenvalue weighted by Crippen LogP contribution is -3.14. The molecule has 1 aromatic carbocycles. The zero-order chi connectivity index (χ0) is 21.0. The van der Waals surface area contributed by atoms with E-state index in [0.717, 1.165) is 24.7 Å². The van der Waals surface area contributed by atoms with E-state index in [0.29, 0.717) is 37.7 Å². The monoisotopic (exact) mass is 420 g/mol. The molecule has 9 heteroatoms. The zero-order valence-electron chi connectivity index (χ0n) is 17.6. The Kier molecular flexibility index (Phi) is 6.92. The number of hydrogen-bond acceptors (Lipinski definition) is 5. The maximum absolute atomic E-state index is 11.8. The molecule has 0 atom stereocenters. The van der Waals surface area contributed by atoms with Crippen LogP contribution in [-0.4, -0.2) is 58.1 Å². The molecule has 0 bridgehead atoms. The number of nitrogens with zero attached hydrogens (tertiary/aromatic N) is 4. The van der Waals surface area contributed by atoms with E-state index in [1.54, 1.807) is 4.90 Å². The fraction of sp³-hybridized carbons (Fsp3) is 0.550. The highest BCUT2D eigenvalue weighted by Crippen LogP contribution is 2.17. The molecule has 0 aliphatic carbocycles. The molecule has 1 aliphatic heterocycles. The first kappa shape index (κ1) is 21.3. The van der Waals surface area contributed by atoms with Gasteiger partial charge in [-0.1, -0.05) is 6.07 Å². The first-order valence-electron chi connectivity index (χ1n) is 9.97. The predicted molar refractivity (Wildman–Crippen MR) is 112 cm³/mol. The molecule has 0 saturated carbocycles. The van der Waals surface area contributed by atoms with Crippen LogP contribution < -0.4 is 9.64 Å². The number of piperazine rings is 1. The first-order valence-corrected chi connectivity index (χ1v) is 10.4. The summed E-state index contributed by atoms with van der Waals surface area (Å²) in [5.41, 5.74) is 2.44. The summed E-state index contributed by atoms with van der Waals surface area (Å²) < 4.78 is 15.4. The Bertz CT molecular complexity index is 915. The van der Waals surface area contributed by atoms with Gasteiger partial charge in [-0.05, 0) is 56.2 Å². The average molecular weight is 421 g/mol. The summed E-state index contributed by atoms with van der Waals surface area (Å²) in [6.45, 7) is 10.5. The van der Waals surface area contributed by atoms with Crippen molar-refractivity contribution in [1.29, 1.82) is 0 Å². The number of aromatic nitrogens is 3. The van der Waals surface area contributed by atoms with Crippen LogP contribution >= 0.6 is 12.2 Å². The van der Waals surface area contributed by atoms with Crippen LogP contribution in [-0.2, 0) is 25.1 Å². The third-order valence-electron chi connectivity index (χ3n) is 5.35. The van der Waals surface area contributed by atoms with Gasteiger partial charge in [0.15, 0.2) is 12.5 Å². The summed E-state index contributed by atoms with van der Waals surface area (Å²) in [7, 11) is 1.92. The molecule has 1 aliphatic rings. The van der Waals surface area contributed by atoms with Crippen molar-refractivity contribution in [3.05, 3.63) is 39.9 Å². The van der Waals surface area contributed by atoms with Gasteiger partial charge in [0.2, 0.25) is 4.77 Å². The Morgan fingerprint density at radius 1 is 1.24 bits per heavy atom. The van der Waals surface area contributed by atoms with Crippen molar-refractivity contribution >= 4 is 18.3 Å². The van der Waals surface area contributed by atoms with Crippen molar-refractivity contribution in [3.8, 4) is 5.75 Å². The van der Waals surface area contributed by atoms with Crippen LogP contribution in [0.3, 0.4) is 0 Å². The van der Waals surface area contributed by atoms with Gasteiger partial charge in [-0.25, -0.2) is 4.79 Å². The fourth-order valence-electron chi connectivity index (χ4n) is 3.30. The molecule has 29 heavy (non-hydrogen) atoms. The molecule has 1 amide bonds. The number of benzene rings is 1. The molecule has 3 rings (SSSR count). The van der Waals surface area contributed by atoms with Gasteiger partial charge in [-0.3, -0.25) is 4.90 Å². The van der Waals surface area contributed by atoms with E-state index in [2.05, 4.69) is 25.0 Å². The quantitative estimate of drug-likeness (QED) is 0.717. The molecule has 1 N–H and O–H groups in total. The number of quaternary nitrogens is 1. The molecule has 0 unspecified atom stereocenters. The van der Waals surface area contributed by atoms with Gasteiger partial charge >= 0.3 is 6.09 Å². The van der Waals surface area contributed by atoms with Gasteiger partial charge in [-0.15, -0.1) is 5.10 Å². The van der Waals surface area contributed by atoms with Crippen molar-refractivity contribution in [3.63, 3.8) is 0 Å². The maximum atomic E-state index is 11.8. The predicted octanol–water partition coefficient (Wildman–Crippen LogP) is 1.46. The zero-order valence-corrected chi connectivity index (χ0v) is 18.4. The second-order valence-corrected chi connectivity index (χ2v) is 7.75. The maximum Gasteiger partial charge on any atom is 0.410 e. The fourth-order valence-corrected chi connectivity index (χ4v) is 3.51. The third-order valence-corrected chi connectivity index (χ3v) is 5.83. The lowest BCUT2D eigenvalue weighted by atomic mass is 10.1. The number of ether oxygens (including phenoxy) is 2. The molecule has 1 saturated heterocycles. The molecule has 0 spiro atoms. The van der Waals surface area contributed by atoms with E-state index in [4.69, 9.17) is 21.7 Å². The number of carbonyl (C=O) groups is 1. The van der Waals surface area contributed by atoms with Crippen molar-refractivity contribution in [1.82, 2.24) is 19.2 Å². The molecular formula is C20H30N5O3S+. The van der Waals surface area contributed by atoms with Gasteiger partial charge in [0.1, 0.15) is 12.4 Å². The van der Waals surface area contributed by atoms with Crippen LogP contribution in [0, 0.1) is 18.6 Å². The highest BCUT2D eigenvalue weighted by atomic mass is 32.1. The Labute approximate surface area is 176 Å². The van der Waals surface area contributed by atoms with Crippen LogP contribution in [0.15, 0.2) is 18.2 Å². The number of amides is 1. The van der Waals surface area contributed by atoms with Crippen molar-refractivity contribution in [2.24, 2.45) is 7.05 Å². The SMILES string of the molecule is CCOC(=O)N1CC[NH+](Cn2nc(COc3ccc(C)c(C)c3)n(C)c2=S)CC1. The number of nitrogens with one attached hydrogen (secondary N) is 1. The van der Waals surface area contributed by atoms with Crippen LogP contribution in [0.25, 0.3) is 0 Å². The lowest BCUT2D eigenvalue weighted by molar-refractivity contribution is -0.927. The van der Waals surface area contributed by atoms with Gasteiger partial charge in [0, 0.05) is 7.05 Å². The Morgan fingerprint density at radius 3 is 2.62 bits per heavy atom. The number of hydrogen-bond donors (Lipinski definition) is 1. The molecule has 0 radical (unpaired) electrons. The number of carbonyl (C=O) groups excluding carboxylic acids is 1. The largest absolute Gasteiger partial charge is 0.486 e. The van der Waals surface area contributed by atoms with Crippen LogP contribution in [0.2, 0.25) is 0 Å². The Morgan fingerprint density at radius 2 is 1.97 bits per heavy atom. The van der Waals surface area contributed by atoms with Gasteiger partial charge < -0.3 is 18.9 Å². The summed E-state index contributed by atoms with van der Waals surface area (Å²) in [6.07, 6.45) is -0.230. The van der Waals surface area contributed by atoms with Crippen LogP contribution in [0.5, 0.6) is 5.75 Å². The molecule has 8 nitrogen and oxygen atoms in total. The van der Waals surface area contributed by atoms with Crippen molar-refractivity contribution in [2.45, 2.75) is 34.0 Å². The van der Waals surface area contributed by atoms with E-state index < -0.39 is 0 Å². The average Bonchev–Trinajstić information content (AvgIpc) is 2.97. The van der Waals surface area contributed by atoms with E-state index in [1.165, 1.54) is 16.0 Å². The van der Waals surface area contributed by atoms with E-state index in [1.807, 2.05) is 35.4 Å². The Balaban J connectivity index is 1.58. The number of rotatable bonds is 6. The third kappa shape index (κ3) is 5.16. The normalized spacial score (nSPS) is 14.8. The van der Waals surface area contributed by atoms with Gasteiger partial charge in [-0.2, -0.15) is 4.68 Å². The van der Waals surface area contributed by atoms with Crippen LogP contribution in [0.1, 0.15) is 23.9 Å². The summed E-state index contributed by atoms with van der Waals surface area (Å²) >= 11 is 5.56. The lowest BCUT2D eigenvalue weighted by Gasteiger charge is -2.31. The minimum Gasteiger partial charge on any atom is -0.486 e. The summed E-state index contributed by atoms with van der Waals surface area (Å²) in [6, 6.07) is 6.07. The second-order valence-electron chi connectivity index (χ2n) is 7.39. The second kappa shape index (κ2) is 9.41. The van der Waals surface area contributed by atoms with Gasteiger partial charge in [0.05, 0.1) is 32.8 Å². The van der Waals surface area contributed by atoms with Crippen molar-refractivity contribution < 1.29 is 19.2 Å². The molecular weight excluding hydrogens is 390 g/mol. The smallest absolute Gasteiger partial charge is 0.410 e. The van der Waals surface area contributed by atoms with Crippen molar-refractivity contribution in [2.75, 3.05) is 32.8 Å². The minimum absolute atomic E-state index is 0.230. The topological polar surface area (TPSA) is 66.0 Å². The minimum atomic E-state index is -0.230. The molecule has 158 valence electrons. The molecule has 1 aromatic heterocycles. The molecule has 2 aromatic rings.